The van der Waals surface area contributed by atoms with Crippen LogP contribution in [-0.2, 0) is 10.0 Å². The molecule has 0 saturated carbocycles. The highest BCUT2D eigenvalue weighted by molar-refractivity contribution is 7.89. The first-order valence-electron chi connectivity index (χ1n) is 8.57. The van der Waals surface area contributed by atoms with Gasteiger partial charge in [0.25, 0.3) is 0 Å². The van der Waals surface area contributed by atoms with E-state index in [1.165, 1.54) is 4.70 Å². The van der Waals surface area contributed by atoms with Gasteiger partial charge in [-0.3, -0.25) is 0 Å². The molecule has 4 rings (SSSR count). The first kappa shape index (κ1) is 17.5. The van der Waals surface area contributed by atoms with Gasteiger partial charge in [0.2, 0.25) is 10.0 Å². The summed E-state index contributed by atoms with van der Waals surface area (Å²) in [4.78, 5) is 5.05. The van der Waals surface area contributed by atoms with Crippen molar-refractivity contribution in [2.45, 2.75) is 23.7 Å². The van der Waals surface area contributed by atoms with Gasteiger partial charge in [0, 0.05) is 19.0 Å². The Morgan fingerprint density at radius 1 is 1.08 bits per heavy atom. The second kappa shape index (κ2) is 6.98. The number of aromatic nitrogens is 1. The van der Waals surface area contributed by atoms with Gasteiger partial charge in [-0.05, 0) is 49.2 Å². The van der Waals surface area contributed by atoms with E-state index in [1.807, 2.05) is 18.2 Å². The van der Waals surface area contributed by atoms with Crippen molar-refractivity contribution in [3.05, 3.63) is 53.5 Å². The Balaban J connectivity index is 1.48. The molecule has 0 amide bonds. The number of hydrogen-bond donors (Lipinski definition) is 0. The van der Waals surface area contributed by atoms with Gasteiger partial charge in [-0.25, -0.2) is 13.4 Å². The summed E-state index contributed by atoms with van der Waals surface area (Å²) in [5.41, 5.74) is 1.03. The van der Waals surface area contributed by atoms with Crippen molar-refractivity contribution in [1.82, 2.24) is 9.29 Å². The second-order valence-corrected chi connectivity index (χ2v) is 9.37. The minimum absolute atomic E-state index is 0.316. The van der Waals surface area contributed by atoms with Crippen LogP contribution in [0.4, 0.5) is 0 Å². The van der Waals surface area contributed by atoms with Crippen molar-refractivity contribution < 1.29 is 13.2 Å². The zero-order valence-corrected chi connectivity index (χ0v) is 16.1. The molecule has 1 aliphatic heterocycles. The lowest BCUT2D eigenvalue weighted by Crippen LogP contribution is -2.37. The third kappa shape index (κ3) is 3.22. The largest absolute Gasteiger partial charge is 0.497 e. The molecule has 1 fully saturated rings. The smallest absolute Gasteiger partial charge is 0.243 e. The zero-order valence-electron chi connectivity index (χ0n) is 14.5. The van der Waals surface area contributed by atoms with Crippen LogP contribution in [0.1, 0.15) is 23.8 Å². The summed E-state index contributed by atoms with van der Waals surface area (Å²) in [6, 6.07) is 14.7. The van der Waals surface area contributed by atoms with Gasteiger partial charge in [0.15, 0.2) is 0 Å². The number of thiazole rings is 1. The second-order valence-electron chi connectivity index (χ2n) is 6.37. The molecule has 0 aliphatic carbocycles. The summed E-state index contributed by atoms with van der Waals surface area (Å²) in [5.74, 6) is 0.980. The third-order valence-electron chi connectivity index (χ3n) is 4.81. The highest BCUT2D eigenvalue weighted by Gasteiger charge is 2.31. The molecular weight excluding hydrogens is 368 g/mol. The van der Waals surface area contributed by atoms with Crippen molar-refractivity contribution in [3.8, 4) is 5.75 Å². The highest BCUT2D eigenvalue weighted by atomic mass is 32.2. The average molecular weight is 389 g/mol. The number of nitrogens with zero attached hydrogens (tertiary/aromatic N) is 2. The molecule has 1 aliphatic rings. The summed E-state index contributed by atoms with van der Waals surface area (Å²) in [6.45, 7) is 1.05. The van der Waals surface area contributed by atoms with E-state index in [0.717, 1.165) is 23.4 Å². The van der Waals surface area contributed by atoms with Crippen LogP contribution >= 0.6 is 11.3 Å². The minimum atomic E-state index is -3.46. The molecule has 2 heterocycles. The monoisotopic (exact) mass is 388 g/mol. The maximum absolute atomic E-state index is 12.8. The number of fused-ring (bicyclic) bond motifs is 1. The Kier molecular flexibility index (Phi) is 4.69. The lowest BCUT2D eigenvalue weighted by atomic mass is 9.99. The van der Waals surface area contributed by atoms with Crippen LogP contribution in [0.25, 0.3) is 10.2 Å². The number of rotatable bonds is 4. The maximum atomic E-state index is 12.8. The fourth-order valence-corrected chi connectivity index (χ4v) is 5.91. The Bertz CT molecular complexity index is 972. The average Bonchev–Trinajstić information content (AvgIpc) is 3.12. The van der Waals surface area contributed by atoms with Crippen molar-refractivity contribution in [2.24, 2.45) is 0 Å². The van der Waals surface area contributed by atoms with Gasteiger partial charge in [-0.2, -0.15) is 4.31 Å². The molecule has 26 heavy (non-hydrogen) atoms. The van der Waals surface area contributed by atoms with Crippen LogP contribution in [0.15, 0.2) is 53.4 Å². The summed E-state index contributed by atoms with van der Waals surface area (Å²) < 4.78 is 33.6. The van der Waals surface area contributed by atoms with E-state index < -0.39 is 10.0 Å². The molecule has 0 atom stereocenters. The van der Waals surface area contributed by atoms with Gasteiger partial charge in [0.1, 0.15) is 5.75 Å². The Hall–Kier alpha value is -1.96. The third-order valence-corrected chi connectivity index (χ3v) is 7.92. The molecule has 0 N–H and O–H groups in total. The minimum Gasteiger partial charge on any atom is -0.497 e. The standard InChI is InChI=1S/C19H20N2O3S2/c1-24-15-6-8-16(9-7-15)26(22,23)21-12-10-14(11-13-21)19-20-17-4-2-3-5-18(17)25-19/h2-9,14H,10-13H2,1H3. The number of para-hydroxylation sites is 1. The molecule has 0 spiro atoms. The number of sulfonamides is 1. The maximum Gasteiger partial charge on any atom is 0.243 e. The first-order valence-corrected chi connectivity index (χ1v) is 10.8. The lowest BCUT2D eigenvalue weighted by Gasteiger charge is -2.30. The predicted octanol–water partition coefficient (Wildman–Crippen LogP) is 3.87. The van der Waals surface area contributed by atoms with E-state index in [1.54, 1.807) is 47.0 Å². The van der Waals surface area contributed by atoms with Gasteiger partial charge < -0.3 is 4.74 Å². The summed E-state index contributed by atoms with van der Waals surface area (Å²) in [5, 5.41) is 1.12. The van der Waals surface area contributed by atoms with Crippen molar-refractivity contribution in [3.63, 3.8) is 0 Å². The number of hydrogen-bond acceptors (Lipinski definition) is 5. The summed E-state index contributed by atoms with van der Waals surface area (Å²) >= 11 is 1.72. The lowest BCUT2D eigenvalue weighted by molar-refractivity contribution is 0.319. The summed E-state index contributed by atoms with van der Waals surface area (Å²) in [6.07, 6.45) is 1.60. The molecule has 0 bridgehead atoms. The molecule has 7 heteroatoms. The van der Waals surface area contributed by atoms with Crippen molar-refractivity contribution >= 4 is 31.6 Å². The van der Waals surface area contributed by atoms with Crippen LogP contribution in [0, 0.1) is 0 Å². The SMILES string of the molecule is COc1ccc(S(=O)(=O)N2CCC(c3nc4ccccc4s3)CC2)cc1. The predicted molar refractivity (Wildman–Crippen MR) is 103 cm³/mol. The number of ether oxygens (including phenoxy) is 1. The summed E-state index contributed by atoms with van der Waals surface area (Å²) in [7, 11) is -1.89. The molecule has 2 aromatic carbocycles. The molecular formula is C19H20N2O3S2. The van der Waals surface area contributed by atoms with E-state index in [9.17, 15) is 8.42 Å². The highest BCUT2D eigenvalue weighted by Crippen LogP contribution is 2.35. The van der Waals surface area contributed by atoms with Crippen LogP contribution in [0.3, 0.4) is 0 Å². The van der Waals surface area contributed by atoms with E-state index in [0.29, 0.717) is 29.7 Å². The van der Waals surface area contributed by atoms with Gasteiger partial charge in [-0.1, -0.05) is 12.1 Å². The zero-order chi connectivity index (χ0) is 18.1. The van der Waals surface area contributed by atoms with E-state index in [4.69, 9.17) is 9.72 Å². The number of benzene rings is 2. The van der Waals surface area contributed by atoms with Crippen molar-refractivity contribution in [1.29, 1.82) is 0 Å². The molecule has 1 aromatic heterocycles. The van der Waals surface area contributed by atoms with Crippen LogP contribution < -0.4 is 4.74 Å². The Morgan fingerprint density at radius 2 is 1.77 bits per heavy atom. The van der Waals surface area contributed by atoms with Gasteiger partial charge in [0.05, 0.1) is 27.2 Å². The van der Waals surface area contributed by atoms with E-state index >= 15 is 0 Å². The Morgan fingerprint density at radius 3 is 2.42 bits per heavy atom. The molecule has 5 nitrogen and oxygen atoms in total. The number of piperidine rings is 1. The van der Waals surface area contributed by atoms with E-state index in [-0.39, 0.29) is 0 Å². The quantitative estimate of drug-likeness (QED) is 0.681. The molecule has 0 unspecified atom stereocenters. The van der Waals surface area contributed by atoms with Gasteiger partial charge >= 0.3 is 0 Å². The van der Waals surface area contributed by atoms with E-state index in [2.05, 4.69) is 6.07 Å². The molecule has 0 radical (unpaired) electrons. The molecule has 136 valence electrons. The van der Waals surface area contributed by atoms with Crippen molar-refractivity contribution in [2.75, 3.05) is 20.2 Å². The van der Waals surface area contributed by atoms with Crippen LogP contribution in [0.2, 0.25) is 0 Å². The first-order chi connectivity index (χ1) is 12.6. The number of methoxy groups -OCH3 is 1. The topological polar surface area (TPSA) is 59.5 Å². The fraction of sp³-hybridized carbons (Fsp3) is 0.316. The molecule has 3 aromatic rings. The van der Waals surface area contributed by atoms with Gasteiger partial charge in [-0.15, -0.1) is 11.3 Å². The van der Waals surface area contributed by atoms with Crippen LogP contribution in [0.5, 0.6) is 5.75 Å². The normalized spacial score (nSPS) is 16.8. The Labute approximate surface area is 157 Å². The fourth-order valence-electron chi connectivity index (χ4n) is 3.30. The molecule has 1 saturated heterocycles. The van der Waals surface area contributed by atoms with Crippen LogP contribution in [-0.4, -0.2) is 37.9 Å².